The Morgan fingerprint density at radius 3 is 2.47 bits per heavy atom. The molecule has 2 nitrogen and oxygen atoms in total. The van der Waals surface area contributed by atoms with Crippen LogP contribution in [0.2, 0.25) is 5.02 Å². The molecule has 0 atom stereocenters. The average molecular weight is 251 g/mol. The molecule has 0 amide bonds. The van der Waals surface area contributed by atoms with Gasteiger partial charge in [0.15, 0.2) is 0 Å². The number of benzene rings is 2. The first-order valence-corrected chi connectivity index (χ1v) is 5.58. The minimum atomic E-state index is -0.285. The monoisotopic (exact) mass is 250 g/mol. The van der Waals surface area contributed by atoms with Crippen molar-refractivity contribution in [2.24, 2.45) is 5.73 Å². The molecule has 2 aromatic carbocycles. The summed E-state index contributed by atoms with van der Waals surface area (Å²) in [5.74, 6) is -0.285. The third-order valence-electron chi connectivity index (χ3n) is 2.41. The van der Waals surface area contributed by atoms with Crippen LogP contribution in [0.1, 0.15) is 5.56 Å². The van der Waals surface area contributed by atoms with Crippen LogP contribution in [0.15, 0.2) is 42.5 Å². The zero-order valence-electron chi connectivity index (χ0n) is 9.08. The maximum atomic E-state index is 13.0. The van der Waals surface area contributed by atoms with Gasteiger partial charge in [0.05, 0.1) is 0 Å². The predicted molar refractivity (Wildman–Crippen MR) is 69.0 cm³/mol. The van der Waals surface area contributed by atoms with Crippen molar-refractivity contribution in [1.82, 2.24) is 0 Å². The van der Waals surface area contributed by atoms with Crippen LogP contribution in [-0.2, 0) is 6.54 Å². The molecule has 0 aromatic heterocycles. The summed E-state index contributed by atoms with van der Waals surface area (Å²) >= 11 is 5.80. The van der Waals surface area contributed by atoms with Crippen molar-refractivity contribution in [2.75, 3.05) is 5.32 Å². The van der Waals surface area contributed by atoms with Gasteiger partial charge >= 0.3 is 0 Å². The van der Waals surface area contributed by atoms with Crippen LogP contribution < -0.4 is 11.1 Å². The highest BCUT2D eigenvalue weighted by Crippen LogP contribution is 2.22. The van der Waals surface area contributed by atoms with Gasteiger partial charge in [0, 0.05) is 22.9 Å². The SMILES string of the molecule is NCc1cc(F)ccc1Nc1ccc(Cl)cc1. The van der Waals surface area contributed by atoms with Crippen LogP contribution >= 0.6 is 11.6 Å². The van der Waals surface area contributed by atoms with Gasteiger partial charge in [-0.25, -0.2) is 4.39 Å². The van der Waals surface area contributed by atoms with E-state index in [4.69, 9.17) is 17.3 Å². The van der Waals surface area contributed by atoms with Gasteiger partial charge in [0.25, 0.3) is 0 Å². The Labute approximate surface area is 104 Å². The van der Waals surface area contributed by atoms with Crippen LogP contribution in [0.25, 0.3) is 0 Å². The Bertz CT molecular complexity index is 511. The van der Waals surface area contributed by atoms with E-state index in [0.717, 1.165) is 16.9 Å². The average Bonchev–Trinajstić information content (AvgIpc) is 2.34. The van der Waals surface area contributed by atoms with E-state index in [1.807, 2.05) is 12.1 Å². The summed E-state index contributed by atoms with van der Waals surface area (Å²) in [5, 5.41) is 3.85. The lowest BCUT2D eigenvalue weighted by Gasteiger charge is -2.11. The molecule has 2 rings (SSSR count). The van der Waals surface area contributed by atoms with Crippen LogP contribution in [0, 0.1) is 5.82 Å². The maximum absolute atomic E-state index is 13.0. The highest BCUT2D eigenvalue weighted by molar-refractivity contribution is 6.30. The Morgan fingerprint density at radius 1 is 1.12 bits per heavy atom. The van der Waals surface area contributed by atoms with Crippen molar-refractivity contribution in [2.45, 2.75) is 6.54 Å². The van der Waals surface area contributed by atoms with E-state index in [0.29, 0.717) is 5.02 Å². The van der Waals surface area contributed by atoms with Crippen molar-refractivity contribution in [3.05, 3.63) is 58.9 Å². The zero-order chi connectivity index (χ0) is 12.3. The highest BCUT2D eigenvalue weighted by Gasteiger charge is 2.03. The lowest BCUT2D eigenvalue weighted by Crippen LogP contribution is -2.02. The fourth-order valence-electron chi connectivity index (χ4n) is 1.54. The minimum absolute atomic E-state index is 0.285. The molecule has 0 bridgehead atoms. The molecule has 0 aliphatic rings. The standard InChI is InChI=1S/C13H12ClFN2/c14-10-1-4-12(5-2-10)17-13-6-3-11(15)7-9(13)8-16/h1-7,17H,8,16H2. The number of hydrogen-bond donors (Lipinski definition) is 2. The smallest absolute Gasteiger partial charge is 0.123 e. The summed E-state index contributed by atoms with van der Waals surface area (Å²) in [4.78, 5) is 0. The molecule has 17 heavy (non-hydrogen) atoms. The van der Waals surface area contributed by atoms with E-state index < -0.39 is 0 Å². The number of nitrogens with one attached hydrogen (secondary N) is 1. The molecule has 3 N–H and O–H groups in total. The summed E-state index contributed by atoms with van der Waals surface area (Å²) in [7, 11) is 0. The molecule has 4 heteroatoms. The number of anilines is 2. The van der Waals surface area contributed by atoms with Crippen molar-refractivity contribution in [3.8, 4) is 0 Å². The Morgan fingerprint density at radius 2 is 1.82 bits per heavy atom. The molecular formula is C13H12ClFN2. The largest absolute Gasteiger partial charge is 0.355 e. The maximum Gasteiger partial charge on any atom is 0.123 e. The summed E-state index contributed by atoms with van der Waals surface area (Å²) < 4.78 is 13.0. The summed E-state index contributed by atoms with van der Waals surface area (Å²) in [6.45, 7) is 0.285. The predicted octanol–water partition coefficient (Wildman–Crippen LogP) is 3.68. The van der Waals surface area contributed by atoms with Gasteiger partial charge in [-0.15, -0.1) is 0 Å². The van der Waals surface area contributed by atoms with Gasteiger partial charge in [-0.3, -0.25) is 0 Å². The van der Waals surface area contributed by atoms with Crippen LogP contribution in [-0.4, -0.2) is 0 Å². The lowest BCUT2D eigenvalue weighted by molar-refractivity contribution is 0.626. The van der Waals surface area contributed by atoms with Gasteiger partial charge < -0.3 is 11.1 Å². The van der Waals surface area contributed by atoms with Crippen LogP contribution in [0.4, 0.5) is 15.8 Å². The molecule has 0 unspecified atom stereocenters. The number of rotatable bonds is 3. The van der Waals surface area contributed by atoms with Crippen LogP contribution in [0.5, 0.6) is 0 Å². The molecule has 0 heterocycles. The van der Waals surface area contributed by atoms with Crippen molar-refractivity contribution in [1.29, 1.82) is 0 Å². The van der Waals surface area contributed by atoms with E-state index >= 15 is 0 Å². The quantitative estimate of drug-likeness (QED) is 0.872. The fourth-order valence-corrected chi connectivity index (χ4v) is 1.67. The minimum Gasteiger partial charge on any atom is -0.355 e. The molecule has 0 aliphatic carbocycles. The van der Waals surface area contributed by atoms with Gasteiger partial charge in [0.2, 0.25) is 0 Å². The summed E-state index contributed by atoms with van der Waals surface area (Å²) in [6.07, 6.45) is 0. The first kappa shape index (κ1) is 11.9. The van der Waals surface area contributed by atoms with Gasteiger partial charge in [-0.05, 0) is 48.0 Å². The van der Waals surface area contributed by atoms with Crippen molar-refractivity contribution < 1.29 is 4.39 Å². The normalized spacial score (nSPS) is 10.3. The van der Waals surface area contributed by atoms with Gasteiger partial charge in [-0.1, -0.05) is 11.6 Å². The summed E-state index contributed by atoms with van der Waals surface area (Å²) in [6, 6.07) is 11.8. The Balaban J connectivity index is 2.26. The molecule has 0 radical (unpaired) electrons. The van der Waals surface area contributed by atoms with Gasteiger partial charge in [0.1, 0.15) is 5.82 Å². The number of halogens is 2. The first-order valence-electron chi connectivity index (χ1n) is 5.20. The fraction of sp³-hybridized carbons (Fsp3) is 0.0769. The third-order valence-corrected chi connectivity index (χ3v) is 2.66. The van der Waals surface area contributed by atoms with Crippen molar-refractivity contribution in [3.63, 3.8) is 0 Å². The van der Waals surface area contributed by atoms with E-state index in [1.165, 1.54) is 12.1 Å². The molecule has 0 aliphatic heterocycles. The molecule has 88 valence electrons. The molecule has 0 saturated heterocycles. The van der Waals surface area contributed by atoms with E-state index in [2.05, 4.69) is 5.32 Å². The topological polar surface area (TPSA) is 38.0 Å². The molecular weight excluding hydrogens is 239 g/mol. The molecule has 0 saturated carbocycles. The lowest BCUT2D eigenvalue weighted by atomic mass is 10.1. The van der Waals surface area contributed by atoms with E-state index in [9.17, 15) is 4.39 Å². The third kappa shape index (κ3) is 2.96. The molecule has 2 aromatic rings. The van der Waals surface area contributed by atoms with Crippen molar-refractivity contribution >= 4 is 23.0 Å². The van der Waals surface area contributed by atoms with E-state index in [-0.39, 0.29) is 12.4 Å². The Kier molecular flexibility index (Phi) is 3.61. The summed E-state index contributed by atoms with van der Waals surface area (Å²) in [5.41, 5.74) is 7.99. The highest BCUT2D eigenvalue weighted by atomic mass is 35.5. The number of hydrogen-bond acceptors (Lipinski definition) is 2. The second kappa shape index (κ2) is 5.17. The Hall–Kier alpha value is -1.58. The first-order chi connectivity index (χ1) is 8.19. The van der Waals surface area contributed by atoms with Gasteiger partial charge in [-0.2, -0.15) is 0 Å². The molecule has 0 spiro atoms. The number of nitrogens with two attached hydrogens (primary N) is 1. The molecule has 0 fully saturated rings. The zero-order valence-corrected chi connectivity index (χ0v) is 9.84. The van der Waals surface area contributed by atoms with Crippen LogP contribution in [0.3, 0.4) is 0 Å². The van der Waals surface area contributed by atoms with E-state index in [1.54, 1.807) is 18.2 Å². The second-order valence-electron chi connectivity index (χ2n) is 3.64. The second-order valence-corrected chi connectivity index (χ2v) is 4.07.